The van der Waals surface area contributed by atoms with Gasteiger partial charge in [0.2, 0.25) is 0 Å². The second-order valence-electron chi connectivity index (χ2n) is 7.95. The number of anilines is 1. The third-order valence-corrected chi connectivity index (χ3v) is 8.39. The Balaban J connectivity index is 1.19. The maximum Gasteiger partial charge on any atom is 0.141 e. The molecule has 1 aliphatic rings. The number of aromatic nitrogens is 3. The van der Waals surface area contributed by atoms with E-state index in [0.29, 0.717) is 0 Å². The van der Waals surface area contributed by atoms with Crippen LogP contribution in [-0.4, -0.2) is 46.0 Å². The van der Waals surface area contributed by atoms with E-state index >= 15 is 0 Å². The molecule has 1 fully saturated rings. The maximum atomic E-state index is 13.4. The van der Waals surface area contributed by atoms with Gasteiger partial charge in [0.15, 0.2) is 0 Å². The van der Waals surface area contributed by atoms with Crippen LogP contribution >= 0.6 is 34.0 Å². The first kappa shape index (κ1) is 20.9. The molecule has 6 rings (SSSR count). The lowest BCUT2D eigenvalue weighted by Gasteiger charge is -2.35. The van der Waals surface area contributed by atoms with E-state index in [0.717, 1.165) is 70.6 Å². The van der Waals surface area contributed by atoms with E-state index in [1.165, 1.54) is 17.7 Å². The molecule has 0 bridgehead atoms. The van der Waals surface area contributed by atoms with Gasteiger partial charge in [0.1, 0.15) is 27.8 Å². The van der Waals surface area contributed by atoms with Gasteiger partial charge in [0, 0.05) is 60.0 Å². The lowest BCUT2D eigenvalue weighted by molar-refractivity contribution is 0.247. The summed E-state index contributed by atoms with van der Waals surface area (Å²) in [5.74, 6) is 0.738. The zero-order valence-electron chi connectivity index (χ0n) is 17.6. The standard InChI is InChI=1S/C24H20FN5S3/c25-18-3-1-16(2-4-18)20-14-33-24-21(20)22(26-15-27-24)30-8-6-29(7-9-30)11-19-13-32-23(28-19)17-5-10-31-12-17/h1-5,10,12-15H,6-9,11H2. The SMILES string of the molecule is Fc1ccc(-c2csc3ncnc(N4CCN(Cc5csc(-c6ccsc6)n5)CC4)c23)cc1. The summed E-state index contributed by atoms with van der Waals surface area (Å²) in [6.45, 7) is 4.56. The summed E-state index contributed by atoms with van der Waals surface area (Å²) in [6.07, 6.45) is 1.65. The summed E-state index contributed by atoms with van der Waals surface area (Å²) in [5, 5.41) is 10.7. The highest BCUT2D eigenvalue weighted by Crippen LogP contribution is 2.38. The molecular formula is C24H20FN5S3. The van der Waals surface area contributed by atoms with Crippen molar-refractivity contribution in [2.24, 2.45) is 0 Å². The molecule has 1 aliphatic heterocycles. The van der Waals surface area contributed by atoms with Crippen molar-refractivity contribution in [1.82, 2.24) is 19.9 Å². The maximum absolute atomic E-state index is 13.4. The van der Waals surface area contributed by atoms with E-state index in [-0.39, 0.29) is 5.82 Å². The Morgan fingerprint density at radius 2 is 1.73 bits per heavy atom. The fourth-order valence-corrected chi connectivity index (χ4v) is 6.62. The molecule has 0 saturated carbocycles. The molecule has 33 heavy (non-hydrogen) atoms. The van der Waals surface area contributed by atoms with Crippen molar-refractivity contribution in [3.05, 3.63) is 69.7 Å². The molecule has 0 aliphatic carbocycles. The topological polar surface area (TPSA) is 45.2 Å². The lowest BCUT2D eigenvalue weighted by atomic mass is 10.1. The quantitative estimate of drug-likeness (QED) is 0.300. The smallest absolute Gasteiger partial charge is 0.141 e. The Hall–Kier alpha value is -2.72. The Labute approximate surface area is 202 Å². The van der Waals surface area contributed by atoms with Crippen LogP contribution in [0.4, 0.5) is 10.2 Å². The molecule has 166 valence electrons. The van der Waals surface area contributed by atoms with Gasteiger partial charge in [-0.05, 0) is 29.1 Å². The fraction of sp³-hybridized carbons (Fsp3) is 0.208. The third-order valence-electron chi connectivity index (χ3n) is 5.88. The molecule has 0 atom stereocenters. The number of thiophene rings is 2. The number of fused-ring (bicyclic) bond motifs is 1. The predicted octanol–water partition coefficient (Wildman–Crippen LogP) is 6.00. The number of hydrogen-bond acceptors (Lipinski definition) is 8. The molecule has 0 radical (unpaired) electrons. The van der Waals surface area contributed by atoms with Gasteiger partial charge in [-0.1, -0.05) is 12.1 Å². The van der Waals surface area contributed by atoms with E-state index in [9.17, 15) is 4.39 Å². The molecule has 1 saturated heterocycles. The predicted molar refractivity (Wildman–Crippen MR) is 136 cm³/mol. The minimum atomic E-state index is -0.228. The van der Waals surface area contributed by atoms with Crippen LogP contribution in [0.25, 0.3) is 31.9 Å². The number of nitrogens with zero attached hydrogens (tertiary/aromatic N) is 5. The van der Waals surface area contributed by atoms with Gasteiger partial charge < -0.3 is 4.90 Å². The van der Waals surface area contributed by atoms with E-state index in [2.05, 4.69) is 47.4 Å². The number of rotatable bonds is 5. The number of halogens is 1. The molecule has 5 heterocycles. The number of thiazole rings is 1. The van der Waals surface area contributed by atoms with E-state index in [1.807, 2.05) is 12.1 Å². The van der Waals surface area contributed by atoms with Crippen LogP contribution in [0.3, 0.4) is 0 Å². The van der Waals surface area contributed by atoms with E-state index < -0.39 is 0 Å². The summed E-state index contributed by atoms with van der Waals surface area (Å²) in [5.41, 5.74) is 4.40. The number of piperazine rings is 1. The zero-order chi connectivity index (χ0) is 22.2. The Bertz CT molecular complexity index is 1370. The van der Waals surface area contributed by atoms with E-state index in [1.54, 1.807) is 40.3 Å². The first-order valence-corrected chi connectivity index (χ1v) is 13.4. The zero-order valence-corrected chi connectivity index (χ0v) is 20.1. The van der Waals surface area contributed by atoms with Crippen LogP contribution in [0.15, 0.2) is 58.2 Å². The lowest BCUT2D eigenvalue weighted by Crippen LogP contribution is -2.46. The Morgan fingerprint density at radius 3 is 2.52 bits per heavy atom. The molecule has 0 spiro atoms. The van der Waals surface area contributed by atoms with Crippen molar-refractivity contribution < 1.29 is 4.39 Å². The highest BCUT2D eigenvalue weighted by atomic mass is 32.1. The molecule has 0 unspecified atom stereocenters. The van der Waals surface area contributed by atoms with Crippen LogP contribution in [0, 0.1) is 5.82 Å². The normalized spacial score (nSPS) is 14.9. The van der Waals surface area contributed by atoms with Crippen molar-refractivity contribution in [1.29, 1.82) is 0 Å². The fourth-order valence-electron chi connectivity index (χ4n) is 4.19. The van der Waals surface area contributed by atoms with Gasteiger partial charge >= 0.3 is 0 Å². The minimum absolute atomic E-state index is 0.228. The molecule has 9 heteroatoms. The molecular weight excluding hydrogens is 473 g/mol. The molecule has 0 amide bonds. The van der Waals surface area contributed by atoms with Crippen molar-refractivity contribution in [3.63, 3.8) is 0 Å². The first-order chi connectivity index (χ1) is 16.2. The number of benzene rings is 1. The van der Waals surface area contributed by atoms with E-state index in [4.69, 9.17) is 4.98 Å². The highest BCUT2D eigenvalue weighted by molar-refractivity contribution is 7.17. The van der Waals surface area contributed by atoms with Crippen molar-refractivity contribution in [2.75, 3.05) is 31.1 Å². The summed E-state index contributed by atoms with van der Waals surface area (Å²) in [7, 11) is 0. The van der Waals surface area contributed by atoms with Gasteiger partial charge in [0.25, 0.3) is 0 Å². The van der Waals surface area contributed by atoms with Gasteiger partial charge in [-0.2, -0.15) is 11.3 Å². The second-order valence-corrected chi connectivity index (χ2v) is 10.4. The second kappa shape index (κ2) is 8.90. The molecule has 5 nitrogen and oxygen atoms in total. The largest absolute Gasteiger partial charge is 0.353 e. The average molecular weight is 494 g/mol. The van der Waals surface area contributed by atoms with Crippen LogP contribution in [0.2, 0.25) is 0 Å². The minimum Gasteiger partial charge on any atom is -0.353 e. The molecule has 5 aromatic rings. The summed E-state index contributed by atoms with van der Waals surface area (Å²) in [6, 6.07) is 8.78. The Kier molecular flexibility index (Phi) is 5.63. The first-order valence-electron chi connectivity index (χ1n) is 10.7. The van der Waals surface area contributed by atoms with Crippen LogP contribution in [0.1, 0.15) is 5.69 Å². The van der Waals surface area contributed by atoms with Crippen LogP contribution in [-0.2, 0) is 6.54 Å². The molecule has 0 N–H and O–H groups in total. The summed E-state index contributed by atoms with van der Waals surface area (Å²) in [4.78, 5) is 19.7. The highest BCUT2D eigenvalue weighted by Gasteiger charge is 2.23. The van der Waals surface area contributed by atoms with Gasteiger partial charge in [-0.15, -0.1) is 22.7 Å². The molecule has 1 aromatic carbocycles. The van der Waals surface area contributed by atoms with Crippen LogP contribution < -0.4 is 4.90 Å². The monoisotopic (exact) mass is 493 g/mol. The summed E-state index contributed by atoms with van der Waals surface area (Å²) >= 11 is 5.02. The number of hydrogen-bond donors (Lipinski definition) is 0. The van der Waals surface area contributed by atoms with Gasteiger partial charge in [-0.25, -0.2) is 19.3 Å². The average Bonchev–Trinajstić information content (AvgIpc) is 3.61. The van der Waals surface area contributed by atoms with Crippen molar-refractivity contribution in [2.45, 2.75) is 6.54 Å². The van der Waals surface area contributed by atoms with Crippen LogP contribution in [0.5, 0.6) is 0 Å². The third kappa shape index (κ3) is 4.17. The van der Waals surface area contributed by atoms with Crippen molar-refractivity contribution >= 4 is 50.0 Å². The van der Waals surface area contributed by atoms with Crippen molar-refractivity contribution in [3.8, 4) is 21.7 Å². The summed E-state index contributed by atoms with van der Waals surface area (Å²) < 4.78 is 13.4. The van der Waals surface area contributed by atoms with Gasteiger partial charge in [0.05, 0.1) is 11.1 Å². The Morgan fingerprint density at radius 1 is 0.879 bits per heavy atom. The van der Waals surface area contributed by atoms with Gasteiger partial charge in [-0.3, -0.25) is 4.90 Å². The molecule has 4 aromatic heterocycles.